The Balaban J connectivity index is 2.01. The highest BCUT2D eigenvalue weighted by molar-refractivity contribution is 5.61. The topological polar surface area (TPSA) is 51.8 Å². The molecule has 20 heavy (non-hydrogen) atoms. The monoisotopic (exact) mass is 267 g/mol. The van der Waals surface area contributed by atoms with Crippen LogP contribution in [0.25, 0.3) is 11.3 Å². The van der Waals surface area contributed by atoms with Gasteiger partial charge in [-0.05, 0) is 62.8 Å². The second-order valence-electron chi connectivity index (χ2n) is 6.18. The van der Waals surface area contributed by atoms with Gasteiger partial charge in [0.2, 0.25) is 0 Å². The van der Waals surface area contributed by atoms with Crippen LogP contribution in [0.15, 0.2) is 30.5 Å². The van der Waals surface area contributed by atoms with Crippen LogP contribution in [-0.2, 0) is 18.4 Å². The summed E-state index contributed by atoms with van der Waals surface area (Å²) in [7, 11) is 0. The largest absolute Gasteiger partial charge is 0.319 e. The smallest absolute Gasteiger partial charge is 0.148 e. The molecule has 0 amide bonds. The third-order valence-electron chi connectivity index (χ3n) is 3.88. The number of benzene rings is 1. The molecular weight excluding hydrogens is 246 g/mol. The summed E-state index contributed by atoms with van der Waals surface area (Å²) >= 11 is 0. The van der Waals surface area contributed by atoms with Gasteiger partial charge in [-0.15, -0.1) is 0 Å². The molecule has 1 aliphatic rings. The van der Waals surface area contributed by atoms with E-state index in [9.17, 15) is 0 Å². The first-order valence-corrected chi connectivity index (χ1v) is 7.28. The molecule has 0 spiro atoms. The fourth-order valence-electron chi connectivity index (χ4n) is 2.72. The van der Waals surface area contributed by atoms with Gasteiger partial charge in [0, 0.05) is 11.8 Å². The fraction of sp³-hybridized carbons (Fsp3) is 0.412. The standard InChI is InChI=1S/C17H21N3/c1-17(2,18)16-19-10-9-15(20-16)14-8-7-12-5-3-4-6-13(12)11-14/h7-11H,3-6,18H2,1-2H3. The number of nitrogens with zero attached hydrogens (tertiary/aromatic N) is 2. The summed E-state index contributed by atoms with van der Waals surface area (Å²) in [5, 5.41) is 0. The number of hydrogen-bond donors (Lipinski definition) is 1. The van der Waals surface area contributed by atoms with Crippen LogP contribution >= 0.6 is 0 Å². The number of nitrogens with two attached hydrogens (primary N) is 1. The number of hydrogen-bond acceptors (Lipinski definition) is 3. The molecule has 1 aliphatic carbocycles. The van der Waals surface area contributed by atoms with E-state index in [1.54, 1.807) is 6.20 Å². The molecule has 0 bridgehead atoms. The number of rotatable bonds is 2. The molecule has 2 N–H and O–H groups in total. The van der Waals surface area contributed by atoms with Gasteiger partial charge in [-0.2, -0.15) is 0 Å². The molecule has 3 nitrogen and oxygen atoms in total. The molecule has 0 fully saturated rings. The van der Waals surface area contributed by atoms with Crippen LogP contribution in [0.2, 0.25) is 0 Å². The second kappa shape index (κ2) is 4.98. The van der Waals surface area contributed by atoms with E-state index in [1.807, 2.05) is 19.9 Å². The Bertz CT molecular complexity index is 626. The van der Waals surface area contributed by atoms with Gasteiger partial charge < -0.3 is 5.73 Å². The summed E-state index contributed by atoms with van der Waals surface area (Å²) in [6.45, 7) is 3.86. The molecule has 1 heterocycles. The third-order valence-corrected chi connectivity index (χ3v) is 3.88. The van der Waals surface area contributed by atoms with E-state index in [0.717, 1.165) is 5.69 Å². The van der Waals surface area contributed by atoms with Crippen LogP contribution in [0, 0.1) is 0 Å². The van der Waals surface area contributed by atoms with E-state index in [0.29, 0.717) is 5.82 Å². The highest BCUT2D eigenvalue weighted by Crippen LogP contribution is 2.27. The molecule has 3 heteroatoms. The lowest BCUT2D eigenvalue weighted by Gasteiger charge is -2.18. The molecule has 3 rings (SSSR count). The lowest BCUT2D eigenvalue weighted by Crippen LogP contribution is -2.31. The summed E-state index contributed by atoms with van der Waals surface area (Å²) in [6.07, 6.45) is 6.79. The Hall–Kier alpha value is -1.74. The zero-order valence-electron chi connectivity index (χ0n) is 12.2. The Morgan fingerprint density at radius 2 is 1.80 bits per heavy atom. The first kappa shape index (κ1) is 13.3. The molecule has 1 aromatic heterocycles. The molecule has 0 radical (unpaired) electrons. The van der Waals surface area contributed by atoms with Gasteiger partial charge in [-0.1, -0.05) is 12.1 Å². The summed E-state index contributed by atoms with van der Waals surface area (Å²) in [5.74, 6) is 0.688. The predicted molar refractivity (Wildman–Crippen MR) is 81.3 cm³/mol. The van der Waals surface area contributed by atoms with Gasteiger partial charge in [-0.3, -0.25) is 0 Å². The first-order chi connectivity index (χ1) is 9.54. The van der Waals surface area contributed by atoms with E-state index in [-0.39, 0.29) is 0 Å². The molecular formula is C17H21N3. The summed E-state index contributed by atoms with van der Waals surface area (Å²) in [4.78, 5) is 8.91. The number of aromatic nitrogens is 2. The first-order valence-electron chi connectivity index (χ1n) is 7.28. The summed E-state index contributed by atoms with van der Waals surface area (Å²) < 4.78 is 0. The molecule has 1 aromatic carbocycles. The lowest BCUT2D eigenvalue weighted by molar-refractivity contribution is 0.514. The van der Waals surface area contributed by atoms with E-state index < -0.39 is 5.54 Å². The minimum absolute atomic E-state index is 0.510. The molecule has 0 saturated heterocycles. The average Bonchev–Trinajstić information content (AvgIpc) is 2.46. The Labute approximate surface area is 120 Å². The predicted octanol–water partition coefficient (Wildman–Crippen LogP) is 3.22. The lowest BCUT2D eigenvalue weighted by atomic mass is 9.90. The number of aryl methyl sites for hydroxylation is 2. The van der Waals surface area contributed by atoms with Crippen molar-refractivity contribution in [3.05, 3.63) is 47.4 Å². The van der Waals surface area contributed by atoms with E-state index in [4.69, 9.17) is 5.73 Å². The van der Waals surface area contributed by atoms with Crippen molar-refractivity contribution < 1.29 is 0 Å². The quantitative estimate of drug-likeness (QED) is 0.909. The number of fused-ring (bicyclic) bond motifs is 1. The maximum atomic E-state index is 6.09. The second-order valence-corrected chi connectivity index (χ2v) is 6.18. The van der Waals surface area contributed by atoms with Crippen molar-refractivity contribution in [2.24, 2.45) is 5.73 Å². The van der Waals surface area contributed by atoms with E-state index in [1.165, 1.54) is 42.4 Å². The zero-order chi connectivity index (χ0) is 14.2. The molecule has 0 saturated carbocycles. The molecule has 2 aromatic rings. The molecule has 0 aliphatic heterocycles. The van der Waals surface area contributed by atoms with Gasteiger partial charge in [0.25, 0.3) is 0 Å². The average molecular weight is 267 g/mol. The van der Waals surface area contributed by atoms with Crippen molar-refractivity contribution in [3.8, 4) is 11.3 Å². The van der Waals surface area contributed by atoms with Crippen molar-refractivity contribution in [3.63, 3.8) is 0 Å². The molecule has 104 valence electrons. The zero-order valence-corrected chi connectivity index (χ0v) is 12.2. The maximum absolute atomic E-state index is 6.09. The van der Waals surface area contributed by atoms with Gasteiger partial charge in [-0.25, -0.2) is 9.97 Å². The normalized spacial score (nSPS) is 14.9. The van der Waals surface area contributed by atoms with Crippen molar-refractivity contribution >= 4 is 0 Å². The molecule has 0 unspecified atom stereocenters. The van der Waals surface area contributed by atoms with Crippen molar-refractivity contribution in [1.82, 2.24) is 9.97 Å². The van der Waals surface area contributed by atoms with E-state index >= 15 is 0 Å². The highest BCUT2D eigenvalue weighted by atomic mass is 14.9. The van der Waals surface area contributed by atoms with Crippen LogP contribution in [0.4, 0.5) is 0 Å². The Kier molecular flexibility index (Phi) is 3.30. The van der Waals surface area contributed by atoms with E-state index in [2.05, 4.69) is 28.2 Å². The van der Waals surface area contributed by atoms with Crippen LogP contribution in [-0.4, -0.2) is 9.97 Å². The van der Waals surface area contributed by atoms with Gasteiger partial charge in [0.15, 0.2) is 0 Å². The van der Waals surface area contributed by atoms with Crippen molar-refractivity contribution in [1.29, 1.82) is 0 Å². The maximum Gasteiger partial charge on any atom is 0.148 e. The van der Waals surface area contributed by atoms with Crippen LogP contribution in [0.3, 0.4) is 0 Å². The summed E-state index contributed by atoms with van der Waals surface area (Å²) in [6, 6.07) is 8.66. The van der Waals surface area contributed by atoms with Crippen molar-refractivity contribution in [2.75, 3.05) is 0 Å². The Morgan fingerprint density at radius 3 is 2.55 bits per heavy atom. The highest BCUT2D eigenvalue weighted by Gasteiger charge is 2.18. The summed E-state index contributed by atoms with van der Waals surface area (Å²) in [5.41, 5.74) is 10.7. The molecule has 0 atom stereocenters. The van der Waals surface area contributed by atoms with Gasteiger partial charge >= 0.3 is 0 Å². The van der Waals surface area contributed by atoms with Crippen LogP contribution < -0.4 is 5.73 Å². The minimum atomic E-state index is -0.510. The van der Waals surface area contributed by atoms with Gasteiger partial charge in [0.05, 0.1) is 11.2 Å². The Morgan fingerprint density at radius 1 is 1.05 bits per heavy atom. The van der Waals surface area contributed by atoms with Gasteiger partial charge in [0.1, 0.15) is 5.82 Å². The van der Waals surface area contributed by atoms with Crippen LogP contribution in [0.5, 0.6) is 0 Å². The van der Waals surface area contributed by atoms with Crippen molar-refractivity contribution in [2.45, 2.75) is 45.1 Å². The van der Waals surface area contributed by atoms with Crippen LogP contribution in [0.1, 0.15) is 43.6 Å². The fourth-order valence-corrected chi connectivity index (χ4v) is 2.72. The SMILES string of the molecule is CC(C)(N)c1nccc(-c2ccc3c(c2)CCCC3)n1. The third kappa shape index (κ3) is 2.59. The minimum Gasteiger partial charge on any atom is -0.319 e.